The summed E-state index contributed by atoms with van der Waals surface area (Å²) in [7, 11) is -2.21. The Balaban J connectivity index is 2.13. The van der Waals surface area contributed by atoms with Crippen molar-refractivity contribution in [2.75, 3.05) is 26.8 Å². The normalized spacial score (nSPS) is 18.4. The van der Waals surface area contributed by atoms with Crippen molar-refractivity contribution in [2.45, 2.75) is 43.3 Å². The molecule has 7 nitrogen and oxygen atoms in total. The van der Waals surface area contributed by atoms with E-state index in [9.17, 15) is 13.2 Å². The second-order valence-corrected chi connectivity index (χ2v) is 8.68. The Morgan fingerprint density at radius 2 is 1.96 bits per heavy atom. The number of methoxy groups -OCH3 is 1. The van der Waals surface area contributed by atoms with Gasteiger partial charge in [-0.25, -0.2) is 8.42 Å². The zero-order valence-corrected chi connectivity index (χ0v) is 16.6. The highest BCUT2D eigenvalue weighted by Gasteiger charge is 2.32. The van der Waals surface area contributed by atoms with Gasteiger partial charge in [0.25, 0.3) is 5.91 Å². The van der Waals surface area contributed by atoms with Gasteiger partial charge in [-0.05, 0) is 49.9 Å². The van der Waals surface area contributed by atoms with Crippen LogP contribution in [0.3, 0.4) is 0 Å². The number of nitrogens with zero attached hydrogens (tertiary/aromatic N) is 1. The predicted molar refractivity (Wildman–Crippen MR) is 98.3 cm³/mol. The summed E-state index contributed by atoms with van der Waals surface area (Å²) in [4.78, 5) is 11.6. The van der Waals surface area contributed by atoms with E-state index in [1.165, 1.54) is 24.4 Å². The Bertz CT molecular complexity index is 750. The fraction of sp³-hybridized carbons (Fsp3) is 0.588. The zero-order chi connectivity index (χ0) is 19.4. The molecule has 1 aliphatic heterocycles. The van der Waals surface area contributed by atoms with Gasteiger partial charge in [-0.15, -0.1) is 0 Å². The van der Waals surface area contributed by atoms with Crippen molar-refractivity contribution in [3.8, 4) is 0 Å². The smallest absolute Gasteiger partial charge is 0.277 e. The Labute approximate surface area is 159 Å². The van der Waals surface area contributed by atoms with E-state index >= 15 is 0 Å². The molecule has 1 amide bonds. The van der Waals surface area contributed by atoms with Crippen LogP contribution in [-0.4, -0.2) is 51.2 Å². The number of nitrogens with two attached hydrogens (primary N) is 1. The maximum absolute atomic E-state index is 12.8. The van der Waals surface area contributed by atoms with Crippen molar-refractivity contribution in [1.29, 1.82) is 0 Å². The van der Waals surface area contributed by atoms with E-state index in [0.717, 1.165) is 19.3 Å². The monoisotopic (exact) mass is 404 g/mol. The number of piperidine rings is 1. The molecule has 0 aliphatic carbocycles. The van der Waals surface area contributed by atoms with Crippen LogP contribution in [-0.2, 0) is 30.7 Å². The molecule has 0 saturated carbocycles. The first-order chi connectivity index (χ1) is 12.2. The van der Waals surface area contributed by atoms with Gasteiger partial charge < -0.3 is 15.2 Å². The summed E-state index contributed by atoms with van der Waals surface area (Å²) in [6.45, 7) is 2.59. The van der Waals surface area contributed by atoms with Gasteiger partial charge in [0, 0.05) is 25.2 Å². The summed E-state index contributed by atoms with van der Waals surface area (Å²) >= 11 is 6.19. The van der Waals surface area contributed by atoms with Gasteiger partial charge in [0.2, 0.25) is 15.8 Å². The van der Waals surface area contributed by atoms with E-state index in [1.807, 2.05) is 0 Å². The van der Waals surface area contributed by atoms with Crippen LogP contribution in [0.2, 0.25) is 5.02 Å². The van der Waals surface area contributed by atoms with Gasteiger partial charge in [-0.2, -0.15) is 4.31 Å². The molecule has 146 valence electrons. The molecule has 1 aromatic carbocycles. The van der Waals surface area contributed by atoms with Gasteiger partial charge in [-0.1, -0.05) is 18.0 Å². The SMILES string of the molecule is COC(C)(OCCc1cc(S(=O)(=O)N2CCCCC2)ccc1Cl)C(N)=O. The first kappa shape index (κ1) is 21.1. The number of primary amides is 1. The van der Waals surface area contributed by atoms with Gasteiger partial charge in [0.15, 0.2) is 0 Å². The number of sulfonamides is 1. The standard InChI is InChI=1S/C17H25ClN2O5S/c1-17(24-2,16(19)21)25-11-8-13-12-14(6-7-15(13)18)26(22,23)20-9-4-3-5-10-20/h6-7,12H,3-5,8-11H2,1-2H3,(H2,19,21). The molecular formula is C17H25ClN2O5S. The van der Waals surface area contributed by atoms with Gasteiger partial charge in [-0.3, -0.25) is 4.79 Å². The van der Waals surface area contributed by atoms with Crippen LogP contribution in [0.1, 0.15) is 31.7 Å². The highest BCUT2D eigenvalue weighted by atomic mass is 35.5. The van der Waals surface area contributed by atoms with Crippen LogP contribution < -0.4 is 5.73 Å². The number of ether oxygens (including phenoxy) is 2. The lowest BCUT2D eigenvalue weighted by atomic mass is 10.1. The molecule has 26 heavy (non-hydrogen) atoms. The third kappa shape index (κ3) is 4.75. The molecule has 0 bridgehead atoms. The molecule has 1 aliphatic rings. The van der Waals surface area contributed by atoms with Crippen LogP contribution in [0.25, 0.3) is 0 Å². The summed E-state index contributed by atoms with van der Waals surface area (Å²) in [5.74, 6) is -2.28. The second kappa shape index (κ2) is 8.67. The fourth-order valence-electron chi connectivity index (χ4n) is 2.74. The quantitative estimate of drug-likeness (QED) is 0.667. The van der Waals surface area contributed by atoms with Crippen LogP contribution in [0, 0.1) is 0 Å². The van der Waals surface area contributed by atoms with Crippen molar-refractivity contribution >= 4 is 27.5 Å². The third-order valence-corrected chi connectivity index (χ3v) is 6.82. The van der Waals surface area contributed by atoms with E-state index in [1.54, 1.807) is 12.1 Å². The van der Waals surface area contributed by atoms with Gasteiger partial charge >= 0.3 is 0 Å². The van der Waals surface area contributed by atoms with Crippen LogP contribution in [0.5, 0.6) is 0 Å². The molecule has 0 radical (unpaired) electrons. The number of rotatable bonds is 8. The molecular weight excluding hydrogens is 380 g/mol. The van der Waals surface area contributed by atoms with E-state index in [0.29, 0.717) is 30.1 Å². The second-order valence-electron chi connectivity index (χ2n) is 6.33. The summed E-state index contributed by atoms with van der Waals surface area (Å²) in [5, 5.41) is 0.435. The van der Waals surface area contributed by atoms with Crippen LogP contribution >= 0.6 is 11.6 Å². The maximum Gasteiger partial charge on any atom is 0.277 e. The number of carbonyl (C=O) groups is 1. The lowest BCUT2D eigenvalue weighted by Crippen LogP contribution is -2.45. The highest BCUT2D eigenvalue weighted by Crippen LogP contribution is 2.25. The van der Waals surface area contributed by atoms with Crippen LogP contribution in [0.15, 0.2) is 23.1 Å². The number of hydrogen-bond donors (Lipinski definition) is 1. The highest BCUT2D eigenvalue weighted by molar-refractivity contribution is 7.89. The van der Waals surface area contributed by atoms with Gasteiger partial charge in [0.05, 0.1) is 11.5 Å². The molecule has 1 atom stereocenters. The van der Waals surface area contributed by atoms with Crippen molar-refractivity contribution in [2.24, 2.45) is 5.73 Å². The minimum atomic E-state index is -3.54. The van der Waals surface area contributed by atoms with Crippen molar-refractivity contribution in [3.05, 3.63) is 28.8 Å². The summed E-state index contributed by atoms with van der Waals surface area (Å²) in [6.07, 6.45) is 3.11. The third-order valence-electron chi connectivity index (χ3n) is 4.56. The van der Waals surface area contributed by atoms with E-state index in [4.69, 9.17) is 26.8 Å². The molecule has 0 spiro atoms. The summed E-state index contributed by atoms with van der Waals surface area (Å²) < 4.78 is 37.5. The largest absolute Gasteiger partial charge is 0.365 e. The number of hydrogen-bond acceptors (Lipinski definition) is 5. The topological polar surface area (TPSA) is 98.9 Å². The molecule has 9 heteroatoms. The van der Waals surface area contributed by atoms with E-state index in [-0.39, 0.29) is 11.5 Å². The van der Waals surface area contributed by atoms with Crippen molar-refractivity contribution in [1.82, 2.24) is 4.31 Å². The average Bonchev–Trinajstić information content (AvgIpc) is 2.63. The minimum absolute atomic E-state index is 0.0974. The molecule has 1 saturated heterocycles. The molecule has 2 rings (SSSR count). The summed E-state index contributed by atoms with van der Waals surface area (Å²) in [5.41, 5.74) is 5.87. The van der Waals surface area contributed by atoms with Crippen molar-refractivity contribution < 1.29 is 22.7 Å². The zero-order valence-electron chi connectivity index (χ0n) is 15.0. The summed E-state index contributed by atoms with van der Waals surface area (Å²) in [6, 6.07) is 4.64. The number of benzene rings is 1. The lowest BCUT2D eigenvalue weighted by molar-refractivity contribution is -0.208. The number of amides is 1. The van der Waals surface area contributed by atoms with Gasteiger partial charge in [0.1, 0.15) is 0 Å². The Morgan fingerprint density at radius 1 is 1.31 bits per heavy atom. The number of carbonyl (C=O) groups excluding carboxylic acids is 1. The fourth-order valence-corrected chi connectivity index (χ4v) is 4.52. The first-order valence-electron chi connectivity index (χ1n) is 8.48. The molecule has 0 aromatic heterocycles. The molecule has 1 fully saturated rings. The van der Waals surface area contributed by atoms with E-state index in [2.05, 4.69) is 0 Å². The van der Waals surface area contributed by atoms with Crippen LogP contribution in [0.4, 0.5) is 0 Å². The Morgan fingerprint density at radius 3 is 2.54 bits per heavy atom. The minimum Gasteiger partial charge on any atom is -0.365 e. The van der Waals surface area contributed by atoms with E-state index < -0.39 is 21.7 Å². The maximum atomic E-state index is 12.8. The molecule has 1 unspecified atom stereocenters. The van der Waals surface area contributed by atoms with Crippen molar-refractivity contribution in [3.63, 3.8) is 0 Å². The molecule has 1 aromatic rings. The number of halogens is 1. The molecule has 1 heterocycles. The lowest BCUT2D eigenvalue weighted by Gasteiger charge is -2.26. The Hall–Kier alpha value is -1.19. The molecule has 2 N–H and O–H groups in total. The predicted octanol–water partition coefficient (Wildman–Crippen LogP) is 1.92. The first-order valence-corrected chi connectivity index (χ1v) is 10.3. The Kier molecular flexibility index (Phi) is 7.04. The average molecular weight is 405 g/mol.